The van der Waals surface area contributed by atoms with Crippen molar-refractivity contribution < 1.29 is 54.4 Å². The Bertz CT molecular complexity index is 647. The smallest absolute Gasteiger partial charge is 0.337 e. The number of carbonyl (C=O) groups excluding carboxylic acids is 1. The summed E-state index contributed by atoms with van der Waals surface area (Å²) >= 11 is 0. The average molecular weight is 404 g/mol. The van der Waals surface area contributed by atoms with Gasteiger partial charge in [-0.2, -0.15) is 0 Å². The third-order valence-corrected chi connectivity index (χ3v) is 5.33. The predicted octanol–water partition coefficient (Wildman–Crippen LogP) is -3.26. The van der Waals surface area contributed by atoms with E-state index in [2.05, 4.69) is 0 Å². The van der Waals surface area contributed by atoms with E-state index < -0.39 is 73.6 Å². The van der Waals surface area contributed by atoms with Gasteiger partial charge in [0, 0.05) is 5.92 Å². The first kappa shape index (κ1) is 21.1. The first-order valence-corrected chi connectivity index (χ1v) is 8.69. The summed E-state index contributed by atoms with van der Waals surface area (Å²) in [5.41, 5.74) is -1.70. The minimum absolute atomic E-state index is 0.0989. The maximum Gasteiger partial charge on any atom is 0.337 e. The summed E-state index contributed by atoms with van der Waals surface area (Å²) in [4.78, 5) is 12.0. The second kappa shape index (κ2) is 8.05. The van der Waals surface area contributed by atoms with Gasteiger partial charge in [-0.05, 0) is 0 Å². The zero-order chi connectivity index (χ0) is 20.6. The van der Waals surface area contributed by atoms with Gasteiger partial charge < -0.3 is 49.6 Å². The third kappa shape index (κ3) is 3.44. The number of methoxy groups -OCH3 is 1. The van der Waals surface area contributed by atoms with Crippen LogP contribution in [0.5, 0.6) is 0 Å². The van der Waals surface area contributed by atoms with E-state index in [-0.39, 0.29) is 5.57 Å². The van der Waals surface area contributed by atoms with E-state index in [0.29, 0.717) is 0 Å². The van der Waals surface area contributed by atoms with E-state index in [1.165, 1.54) is 19.3 Å². The highest BCUT2D eigenvalue weighted by Crippen LogP contribution is 2.45. The summed E-state index contributed by atoms with van der Waals surface area (Å²) in [7, 11) is 1.19. The molecule has 2 heterocycles. The van der Waals surface area contributed by atoms with Crippen molar-refractivity contribution in [1.29, 1.82) is 0 Å². The minimum atomic E-state index is -1.79. The number of allylic oxidation sites excluding steroid dienone is 1. The molecule has 1 saturated heterocycles. The number of carbonyl (C=O) groups is 1. The number of aliphatic hydroxyl groups is 6. The van der Waals surface area contributed by atoms with Gasteiger partial charge >= 0.3 is 5.97 Å². The van der Waals surface area contributed by atoms with Crippen molar-refractivity contribution in [2.45, 2.75) is 42.6 Å². The Labute approximate surface area is 160 Å². The number of rotatable bonds is 5. The quantitative estimate of drug-likeness (QED) is 0.200. The van der Waals surface area contributed by atoms with Gasteiger partial charge in [-0.25, -0.2) is 4.79 Å². The van der Waals surface area contributed by atoms with Crippen LogP contribution >= 0.6 is 0 Å². The Morgan fingerprint density at radius 3 is 2.50 bits per heavy atom. The van der Waals surface area contributed by atoms with Gasteiger partial charge in [-0.1, -0.05) is 12.2 Å². The van der Waals surface area contributed by atoms with E-state index >= 15 is 0 Å². The zero-order valence-electron chi connectivity index (χ0n) is 15.0. The molecule has 0 aromatic heterocycles. The molecule has 0 radical (unpaired) electrons. The molecule has 0 amide bonds. The Kier molecular flexibility index (Phi) is 6.08. The molecule has 0 spiro atoms. The Morgan fingerprint density at radius 2 is 1.89 bits per heavy atom. The Morgan fingerprint density at radius 1 is 1.18 bits per heavy atom. The molecule has 1 fully saturated rings. The molecule has 11 nitrogen and oxygen atoms in total. The number of fused-ring (bicyclic) bond motifs is 1. The van der Waals surface area contributed by atoms with Crippen LogP contribution in [0.4, 0.5) is 0 Å². The van der Waals surface area contributed by atoms with E-state index in [0.717, 1.165) is 6.26 Å². The van der Waals surface area contributed by atoms with Gasteiger partial charge in [-0.3, -0.25) is 0 Å². The minimum Gasteiger partial charge on any atom is -0.471 e. The standard InChI is InChI=1S/C17H24O11/c1-25-14(23)8-5-26-15(10-7(8)2-3-17(10,24)6-19)28-16-13(22)12(21)11(20)9(4-18)27-16/h2-3,5,7,9-13,15-16,18-22,24H,4,6H2,1H3/t7-,9-,10-,11-,12+,13-,15+,16+,17-/m1/s1. The molecule has 3 aliphatic rings. The Hall–Kier alpha value is -1.57. The fourth-order valence-corrected chi connectivity index (χ4v) is 3.71. The third-order valence-electron chi connectivity index (χ3n) is 5.33. The lowest BCUT2D eigenvalue weighted by Crippen LogP contribution is -2.61. The molecule has 0 unspecified atom stereocenters. The highest BCUT2D eigenvalue weighted by molar-refractivity contribution is 5.89. The van der Waals surface area contributed by atoms with Crippen LogP contribution in [0.25, 0.3) is 0 Å². The predicted molar refractivity (Wildman–Crippen MR) is 88.0 cm³/mol. The summed E-state index contributed by atoms with van der Waals surface area (Å²) in [5, 5.41) is 59.5. The van der Waals surface area contributed by atoms with Crippen LogP contribution in [0.3, 0.4) is 0 Å². The molecule has 2 aliphatic heterocycles. The molecule has 1 aliphatic carbocycles. The van der Waals surface area contributed by atoms with E-state index in [4.69, 9.17) is 18.9 Å². The van der Waals surface area contributed by atoms with Crippen LogP contribution < -0.4 is 0 Å². The fraction of sp³-hybridized carbons (Fsp3) is 0.706. The van der Waals surface area contributed by atoms with Crippen molar-refractivity contribution in [3.8, 4) is 0 Å². The summed E-state index contributed by atoms with van der Waals surface area (Å²) in [6.07, 6.45) is -4.99. The highest BCUT2D eigenvalue weighted by atomic mass is 16.8. The van der Waals surface area contributed by atoms with Crippen LogP contribution in [0.15, 0.2) is 24.0 Å². The summed E-state index contributed by atoms with van der Waals surface area (Å²) < 4.78 is 21.0. The second-order valence-electron chi connectivity index (χ2n) is 6.96. The van der Waals surface area contributed by atoms with Gasteiger partial charge in [0.1, 0.15) is 30.0 Å². The topological polar surface area (TPSA) is 175 Å². The van der Waals surface area contributed by atoms with Gasteiger partial charge in [0.15, 0.2) is 6.29 Å². The van der Waals surface area contributed by atoms with Crippen molar-refractivity contribution in [1.82, 2.24) is 0 Å². The highest BCUT2D eigenvalue weighted by Gasteiger charge is 2.55. The first-order valence-electron chi connectivity index (χ1n) is 8.69. The molecular formula is C17H24O11. The molecule has 9 atom stereocenters. The summed E-state index contributed by atoms with van der Waals surface area (Å²) in [6, 6.07) is 0. The first-order chi connectivity index (χ1) is 13.3. The van der Waals surface area contributed by atoms with E-state index in [1.807, 2.05) is 0 Å². The average Bonchev–Trinajstić information content (AvgIpc) is 3.06. The van der Waals surface area contributed by atoms with Gasteiger partial charge in [0.2, 0.25) is 6.29 Å². The monoisotopic (exact) mass is 404 g/mol. The Balaban J connectivity index is 1.85. The van der Waals surface area contributed by atoms with Crippen LogP contribution in [-0.4, -0.2) is 99.5 Å². The summed E-state index contributed by atoms with van der Waals surface area (Å²) in [6.45, 7) is -1.34. The SMILES string of the molecule is COC(=O)C1=CO[C@@H](O[C@@H]2O[C@H](CO)[C@@H](O)[C@H](O)[C@H]2O)[C@H]2[C@@H]1C=C[C@@]2(O)CO. The van der Waals surface area contributed by atoms with Crippen molar-refractivity contribution in [3.05, 3.63) is 24.0 Å². The number of aliphatic hydroxyl groups excluding tert-OH is 5. The number of ether oxygens (including phenoxy) is 4. The maximum atomic E-state index is 12.0. The van der Waals surface area contributed by atoms with Gasteiger partial charge in [-0.15, -0.1) is 0 Å². The van der Waals surface area contributed by atoms with Gasteiger partial charge in [0.05, 0.1) is 38.1 Å². The number of hydrogen-bond donors (Lipinski definition) is 6. The summed E-state index contributed by atoms with van der Waals surface area (Å²) in [5.74, 6) is -2.40. The van der Waals surface area contributed by atoms with Crippen LogP contribution in [-0.2, 0) is 23.7 Å². The molecule has 6 N–H and O–H groups in total. The van der Waals surface area contributed by atoms with Gasteiger partial charge in [0.25, 0.3) is 0 Å². The molecule has 11 heteroatoms. The molecule has 0 bridgehead atoms. The van der Waals surface area contributed by atoms with Crippen molar-refractivity contribution >= 4 is 5.97 Å². The van der Waals surface area contributed by atoms with Crippen LogP contribution in [0.1, 0.15) is 0 Å². The molecular weight excluding hydrogens is 380 g/mol. The molecule has 158 valence electrons. The lowest BCUT2D eigenvalue weighted by molar-refractivity contribution is -0.346. The van der Waals surface area contributed by atoms with E-state index in [9.17, 15) is 35.4 Å². The molecule has 28 heavy (non-hydrogen) atoms. The molecule has 0 aromatic carbocycles. The van der Waals surface area contributed by atoms with Crippen molar-refractivity contribution in [2.24, 2.45) is 11.8 Å². The maximum absolute atomic E-state index is 12.0. The van der Waals surface area contributed by atoms with Crippen molar-refractivity contribution in [2.75, 3.05) is 20.3 Å². The molecule has 0 saturated carbocycles. The fourth-order valence-electron chi connectivity index (χ4n) is 3.71. The van der Waals surface area contributed by atoms with Crippen molar-refractivity contribution in [3.63, 3.8) is 0 Å². The lowest BCUT2D eigenvalue weighted by atomic mass is 9.79. The normalized spacial score (nSPS) is 45.2. The number of hydrogen-bond acceptors (Lipinski definition) is 11. The van der Waals surface area contributed by atoms with E-state index in [1.54, 1.807) is 0 Å². The zero-order valence-corrected chi connectivity index (χ0v) is 15.0. The second-order valence-corrected chi connectivity index (χ2v) is 6.96. The largest absolute Gasteiger partial charge is 0.471 e. The van der Waals surface area contributed by atoms with Crippen LogP contribution in [0, 0.1) is 11.8 Å². The lowest BCUT2D eigenvalue weighted by Gasteiger charge is -2.44. The molecule has 0 aromatic rings. The number of esters is 1. The molecule has 3 rings (SSSR count). The van der Waals surface area contributed by atoms with Crippen LogP contribution in [0.2, 0.25) is 0 Å².